The van der Waals surface area contributed by atoms with Crippen molar-refractivity contribution in [3.8, 4) is 11.5 Å². The zero-order valence-corrected chi connectivity index (χ0v) is 13.1. The normalized spacial score (nSPS) is 10.5. The van der Waals surface area contributed by atoms with Crippen molar-refractivity contribution in [3.63, 3.8) is 0 Å². The molecule has 102 valence electrons. The minimum absolute atomic E-state index is 0.540. The fourth-order valence-electron chi connectivity index (χ4n) is 1.73. The van der Waals surface area contributed by atoms with E-state index in [-0.39, 0.29) is 0 Å². The molecule has 0 unspecified atom stereocenters. The van der Waals surface area contributed by atoms with Gasteiger partial charge in [0.15, 0.2) is 11.5 Å². The van der Waals surface area contributed by atoms with Gasteiger partial charge in [-0.3, -0.25) is 0 Å². The molecule has 0 bridgehead atoms. The van der Waals surface area contributed by atoms with Crippen LogP contribution >= 0.6 is 27.3 Å². The van der Waals surface area contributed by atoms with Crippen molar-refractivity contribution in [1.82, 2.24) is 0 Å². The quantitative estimate of drug-likeness (QED) is 0.872. The van der Waals surface area contributed by atoms with Gasteiger partial charge in [0.25, 0.3) is 0 Å². The van der Waals surface area contributed by atoms with Crippen LogP contribution in [-0.2, 0) is 13.0 Å². The summed E-state index contributed by atoms with van der Waals surface area (Å²) in [5.74, 6) is 1.51. The minimum atomic E-state index is 0.540. The summed E-state index contributed by atoms with van der Waals surface area (Å²) >= 11 is 5.11. The zero-order chi connectivity index (χ0) is 13.7. The van der Waals surface area contributed by atoms with Crippen LogP contribution in [0.5, 0.6) is 11.5 Å². The first-order valence-corrected chi connectivity index (χ1v) is 7.58. The molecule has 1 aromatic carbocycles. The van der Waals surface area contributed by atoms with Crippen molar-refractivity contribution >= 4 is 27.3 Å². The van der Waals surface area contributed by atoms with Gasteiger partial charge in [-0.2, -0.15) is 0 Å². The SMILES string of the molecule is COc1ccc(CCN)cc1OCc1ccc(Br)s1. The first-order valence-electron chi connectivity index (χ1n) is 5.97. The second-order valence-electron chi connectivity index (χ2n) is 4.02. The van der Waals surface area contributed by atoms with Gasteiger partial charge in [-0.25, -0.2) is 0 Å². The van der Waals surface area contributed by atoms with Gasteiger partial charge in [-0.05, 0) is 58.7 Å². The van der Waals surface area contributed by atoms with Gasteiger partial charge in [0.1, 0.15) is 6.61 Å². The Balaban J connectivity index is 2.10. The maximum Gasteiger partial charge on any atom is 0.161 e. The summed E-state index contributed by atoms with van der Waals surface area (Å²) in [6.07, 6.45) is 0.838. The molecule has 0 saturated carbocycles. The van der Waals surface area contributed by atoms with Gasteiger partial charge in [0.05, 0.1) is 10.9 Å². The van der Waals surface area contributed by atoms with E-state index in [4.69, 9.17) is 15.2 Å². The molecule has 0 atom stereocenters. The Bertz CT molecular complexity index is 542. The van der Waals surface area contributed by atoms with Crippen LogP contribution in [0.3, 0.4) is 0 Å². The third kappa shape index (κ3) is 3.96. The van der Waals surface area contributed by atoms with E-state index in [1.165, 1.54) is 0 Å². The number of hydrogen-bond acceptors (Lipinski definition) is 4. The molecule has 2 aromatic rings. The zero-order valence-electron chi connectivity index (χ0n) is 10.7. The number of thiophene rings is 1. The lowest BCUT2D eigenvalue weighted by atomic mass is 10.1. The first kappa shape index (κ1) is 14.4. The third-order valence-corrected chi connectivity index (χ3v) is 4.26. The number of halogens is 1. The van der Waals surface area contributed by atoms with Crippen LogP contribution in [-0.4, -0.2) is 13.7 Å². The summed E-state index contributed by atoms with van der Waals surface area (Å²) in [5.41, 5.74) is 6.73. The average Bonchev–Trinajstić information content (AvgIpc) is 2.83. The molecule has 0 aliphatic rings. The largest absolute Gasteiger partial charge is 0.493 e. The number of hydrogen-bond donors (Lipinski definition) is 1. The van der Waals surface area contributed by atoms with Gasteiger partial charge in [0.2, 0.25) is 0 Å². The molecule has 0 aliphatic carbocycles. The summed E-state index contributed by atoms with van der Waals surface area (Å²) in [6, 6.07) is 10.00. The van der Waals surface area contributed by atoms with Crippen molar-refractivity contribution in [2.24, 2.45) is 5.73 Å². The van der Waals surface area contributed by atoms with E-state index in [1.54, 1.807) is 18.4 Å². The molecule has 5 heteroatoms. The van der Waals surface area contributed by atoms with Crippen LogP contribution in [0.4, 0.5) is 0 Å². The lowest BCUT2D eigenvalue weighted by Crippen LogP contribution is -2.03. The maximum atomic E-state index is 5.84. The third-order valence-electron chi connectivity index (χ3n) is 2.66. The van der Waals surface area contributed by atoms with E-state index < -0.39 is 0 Å². The molecule has 0 radical (unpaired) electrons. The lowest BCUT2D eigenvalue weighted by Gasteiger charge is -2.11. The highest BCUT2D eigenvalue weighted by molar-refractivity contribution is 9.11. The van der Waals surface area contributed by atoms with Crippen LogP contribution in [0.15, 0.2) is 34.1 Å². The highest BCUT2D eigenvalue weighted by Gasteiger charge is 2.07. The predicted octanol–water partition coefficient (Wildman–Crippen LogP) is 3.60. The molecule has 0 saturated heterocycles. The number of ether oxygens (including phenoxy) is 2. The Morgan fingerprint density at radius 3 is 2.68 bits per heavy atom. The molecule has 2 rings (SSSR count). The monoisotopic (exact) mass is 341 g/mol. The van der Waals surface area contributed by atoms with Crippen LogP contribution in [0.1, 0.15) is 10.4 Å². The van der Waals surface area contributed by atoms with Gasteiger partial charge < -0.3 is 15.2 Å². The fraction of sp³-hybridized carbons (Fsp3) is 0.286. The van der Waals surface area contributed by atoms with Gasteiger partial charge >= 0.3 is 0 Å². The fourth-order valence-corrected chi connectivity index (χ4v) is 3.13. The predicted molar refractivity (Wildman–Crippen MR) is 82.1 cm³/mol. The van der Waals surface area contributed by atoms with Crippen molar-refractivity contribution in [2.45, 2.75) is 13.0 Å². The molecule has 19 heavy (non-hydrogen) atoms. The number of methoxy groups -OCH3 is 1. The highest BCUT2D eigenvalue weighted by atomic mass is 79.9. The lowest BCUT2D eigenvalue weighted by molar-refractivity contribution is 0.287. The molecule has 1 aromatic heterocycles. The Morgan fingerprint density at radius 1 is 1.21 bits per heavy atom. The molecule has 1 heterocycles. The standard InChI is InChI=1S/C14H16BrNO2S/c1-17-12-4-2-10(6-7-16)8-13(12)18-9-11-3-5-14(15)19-11/h2-5,8H,6-7,9,16H2,1H3. The highest BCUT2D eigenvalue weighted by Crippen LogP contribution is 2.30. The van der Waals surface area contributed by atoms with Crippen LogP contribution in [0, 0.1) is 0 Å². The maximum absolute atomic E-state index is 5.84. The Morgan fingerprint density at radius 2 is 2.05 bits per heavy atom. The van der Waals surface area contributed by atoms with E-state index in [0.717, 1.165) is 32.1 Å². The van der Waals surface area contributed by atoms with Gasteiger partial charge in [-0.15, -0.1) is 11.3 Å². The van der Waals surface area contributed by atoms with E-state index in [2.05, 4.69) is 15.9 Å². The molecule has 0 amide bonds. The van der Waals surface area contributed by atoms with E-state index >= 15 is 0 Å². The van der Waals surface area contributed by atoms with Crippen molar-refractivity contribution in [1.29, 1.82) is 0 Å². The van der Waals surface area contributed by atoms with Gasteiger partial charge in [0, 0.05) is 4.88 Å². The van der Waals surface area contributed by atoms with E-state index in [9.17, 15) is 0 Å². The second kappa shape index (κ2) is 6.93. The average molecular weight is 342 g/mol. The molecule has 3 nitrogen and oxygen atoms in total. The summed E-state index contributed by atoms with van der Waals surface area (Å²) in [7, 11) is 1.65. The molecular formula is C14H16BrNO2S. The molecule has 2 N–H and O–H groups in total. The molecular weight excluding hydrogens is 326 g/mol. The summed E-state index contributed by atoms with van der Waals surface area (Å²) in [4.78, 5) is 1.16. The number of benzene rings is 1. The van der Waals surface area contributed by atoms with Gasteiger partial charge in [-0.1, -0.05) is 6.07 Å². The van der Waals surface area contributed by atoms with E-state index in [1.807, 2.05) is 30.3 Å². The minimum Gasteiger partial charge on any atom is -0.493 e. The topological polar surface area (TPSA) is 44.5 Å². The van der Waals surface area contributed by atoms with Crippen LogP contribution in [0.25, 0.3) is 0 Å². The van der Waals surface area contributed by atoms with Crippen LogP contribution < -0.4 is 15.2 Å². The van der Waals surface area contributed by atoms with Crippen molar-refractivity contribution < 1.29 is 9.47 Å². The Kier molecular flexibility index (Phi) is 5.24. The summed E-state index contributed by atoms with van der Waals surface area (Å²) in [5, 5.41) is 0. The first-order chi connectivity index (χ1) is 9.22. The smallest absolute Gasteiger partial charge is 0.161 e. The van der Waals surface area contributed by atoms with Crippen molar-refractivity contribution in [3.05, 3.63) is 44.6 Å². The summed E-state index contributed by atoms with van der Waals surface area (Å²) in [6.45, 7) is 1.17. The number of nitrogens with two attached hydrogens (primary N) is 1. The van der Waals surface area contributed by atoms with Crippen LogP contribution in [0.2, 0.25) is 0 Å². The summed E-state index contributed by atoms with van der Waals surface area (Å²) < 4.78 is 12.3. The van der Waals surface area contributed by atoms with Crippen molar-refractivity contribution in [2.75, 3.05) is 13.7 Å². The Hall–Kier alpha value is -1.04. The Labute approximate surface area is 125 Å². The van der Waals surface area contributed by atoms with E-state index in [0.29, 0.717) is 13.2 Å². The molecule has 0 fully saturated rings. The molecule has 0 aliphatic heterocycles. The second-order valence-corrected chi connectivity index (χ2v) is 6.57. The number of rotatable bonds is 6. The molecule has 0 spiro atoms.